The molecule has 110 valence electrons. The number of esters is 1. The van der Waals surface area contributed by atoms with Crippen molar-refractivity contribution in [3.8, 4) is 0 Å². The maximum Gasteiger partial charge on any atom is 0.328 e. The third-order valence-corrected chi connectivity index (χ3v) is 6.28. The second kappa shape index (κ2) is 4.47. The molecule has 1 aliphatic heterocycles. The summed E-state index contributed by atoms with van der Waals surface area (Å²) in [4.78, 5) is 26.6. The zero-order valence-electron chi connectivity index (χ0n) is 12.1. The van der Waals surface area contributed by atoms with Gasteiger partial charge in [0, 0.05) is 12.5 Å². The predicted molar refractivity (Wildman–Crippen MR) is 72.7 cm³/mol. The Hall–Kier alpha value is -1.06. The van der Waals surface area contributed by atoms with Gasteiger partial charge in [0.25, 0.3) is 0 Å². The van der Waals surface area contributed by atoms with Gasteiger partial charge < -0.3 is 9.64 Å². The summed E-state index contributed by atoms with van der Waals surface area (Å²) < 4.78 is 4.89. The topological polar surface area (TPSA) is 46.6 Å². The number of carbonyl (C=O) groups excluding carboxylic acids is 2. The zero-order chi connectivity index (χ0) is 13.9. The van der Waals surface area contributed by atoms with Gasteiger partial charge in [0.15, 0.2) is 0 Å². The molecule has 0 aromatic rings. The molecule has 4 fully saturated rings. The number of carbonyl (C=O) groups is 2. The molecular weight excluding hydrogens is 254 g/mol. The van der Waals surface area contributed by atoms with Crippen LogP contribution in [0.1, 0.15) is 38.5 Å². The van der Waals surface area contributed by atoms with E-state index >= 15 is 0 Å². The number of ether oxygens (including phenoxy) is 1. The van der Waals surface area contributed by atoms with Crippen LogP contribution in [0, 0.1) is 29.6 Å². The molecule has 2 bridgehead atoms. The minimum atomic E-state index is -0.319. The molecule has 5 unspecified atom stereocenters. The Morgan fingerprint density at radius 3 is 2.40 bits per heavy atom. The van der Waals surface area contributed by atoms with Gasteiger partial charge in [0.05, 0.1) is 7.11 Å². The van der Waals surface area contributed by atoms with Crippen LogP contribution in [0.5, 0.6) is 0 Å². The van der Waals surface area contributed by atoms with Crippen molar-refractivity contribution in [1.82, 2.24) is 4.90 Å². The first kappa shape index (κ1) is 12.7. The predicted octanol–water partition coefficient (Wildman–Crippen LogP) is 1.83. The van der Waals surface area contributed by atoms with Crippen molar-refractivity contribution in [2.75, 3.05) is 13.7 Å². The summed E-state index contributed by atoms with van der Waals surface area (Å²) in [5, 5.41) is 0. The number of methoxy groups -OCH3 is 1. The standard InChI is InChI=1S/C16H23NO3/c1-20-16(19)11-4-2-3-7-17(11)15(18)14-12-9-5-6-10(8-9)13(12)14/h9-14H,2-8H2,1H3. The van der Waals surface area contributed by atoms with Crippen molar-refractivity contribution in [2.45, 2.75) is 44.6 Å². The van der Waals surface area contributed by atoms with Gasteiger partial charge in [-0.05, 0) is 62.2 Å². The molecule has 4 heteroatoms. The highest BCUT2D eigenvalue weighted by molar-refractivity contribution is 5.88. The maximum atomic E-state index is 12.8. The number of piperidine rings is 1. The first-order chi connectivity index (χ1) is 9.72. The lowest BCUT2D eigenvalue weighted by molar-refractivity contribution is -0.155. The number of amides is 1. The average molecular weight is 277 g/mol. The van der Waals surface area contributed by atoms with Gasteiger partial charge >= 0.3 is 5.97 Å². The van der Waals surface area contributed by atoms with Gasteiger partial charge in [-0.1, -0.05) is 0 Å². The second-order valence-corrected chi connectivity index (χ2v) is 7.08. The summed E-state index contributed by atoms with van der Waals surface area (Å²) in [7, 11) is 1.42. The highest BCUT2D eigenvalue weighted by atomic mass is 16.5. The Kier molecular flexibility index (Phi) is 2.83. The van der Waals surface area contributed by atoms with E-state index in [1.54, 1.807) is 0 Å². The van der Waals surface area contributed by atoms with Crippen molar-refractivity contribution in [2.24, 2.45) is 29.6 Å². The van der Waals surface area contributed by atoms with E-state index < -0.39 is 0 Å². The molecule has 3 aliphatic carbocycles. The summed E-state index contributed by atoms with van der Waals surface area (Å²) in [6.07, 6.45) is 6.83. The van der Waals surface area contributed by atoms with E-state index in [2.05, 4.69) is 0 Å². The minimum Gasteiger partial charge on any atom is -0.467 e. The number of nitrogens with zero attached hydrogens (tertiary/aromatic N) is 1. The van der Waals surface area contributed by atoms with Crippen LogP contribution in [0.25, 0.3) is 0 Å². The van der Waals surface area contributed by atoms with Crippen LogP contribution in [-0.2, 0) is 14.3 Å². The SMILES string of the molecule is COC(=O)C1CCCCN1C(=O)C1C2C3CCC(C3)C12. The number of likely N-dealkylation sites (tertiary alicyclic amines) is 1. The lowest BCUT2D eigenvalue weighted by Crippen LogP contribution is -2.49. The smallest absolute Gasteiger partial charge is 0.328 e. The van der Waals surface area contributed by atoms with Crippen molar-refractivity contribution in [1.29, 1.82) is 0 Å². The van der Waals surface area contributed by atoms with Crippen LogP contribution in [0.2, 0.25) is 0 Å². The normalized spacial score (nSPS) is 45.1. The quantitative estimate of drug-likeness (QED) is 0.723. The van der Waals surface area contributed by atoms with E-state index in [0.29, 0.717) is 11.8 Å². The van der Waals surface area contributed by atoms with Gasteiger partial charge in [0.1, 0.15) is 6.04 Å². The van der Waals surface area contributed by atoms with Crippen LogP contribution >= 0.6 is 0 Å². The Labute approximate surface area is 119 Å². The van der Waals surface area contributed by atoms with Gasteiger partial charge in [-0.3, -0.25) is 4.79 Å². The fourth-order valence-electron chi connectivity index (χ4n) is 5.42. The van der Waals surface area contributed by atoms with Crippen molar-refractivity contribution in [3.63, 3.8) is 0 Å². The molecule has 4 nitrogen and oxygen atoms in total. The third-order valence-electron chi connectivity index (χ3n) is 6.28. The van der Waals surface area contributed by atoms with Crippen LogP contribution in [0.15, 0.2) is 0 Å². The van der Waals surface area contributed by atoms with Gasteiger partial charge in [0.2, 0.25) is 5.91 Å². The lowest BCUT2D eigenvalue weighted by Gasteiger charge is -2.34. The molecule has 3 saturated carbocycles. The summed E-state index contributed by atoms with van der Waals surface area (Å²) >= 11 is 0. The number of hydrogen-bond donors (Lipinski definition) is 0. The molecule has 5 atom stereocenters. The average Bonchev–Trinajstić information content (AvgIpc) is 2.93. The van der Waals surface area contributed by atoms with Crippen LogP contribution < -0.4 is 0 Å². The van der Waals surface area contributed by atoms with E-state index in [1.807, 2.05) is 4.90 Å². The second-order valence-electron chi connectivity index (χ2n) is 7.08. The molecule has 0 N–H and O–H groups in total. The monoisotopic (exact) mass is 277 g/mol. The Morgan fingerprint density at radius 2 is 1.75 bits per heavy atom. The van der Waals surface area contributed by atoms with Crippen molar-refractivity contribution < 1.29 is 14.3 Å². The Bertz CT molecular complexity index is 433. The van der Waals surface area contributed by atoms with Gasteiger partial charge in [-0.15, -0.1) is 0 Å². The summed E-state index contributed by atoms with van der Waals surface area (Å²) in [5.41, 5.74) is 0. The van der Waals surface area contributed by atoms with Crippen LogP contribution in [-0.4, -0.2) is 36.5 Å². The summed E-state index contributed by atoms with van der Waals surface area (Å²) in [6, 6.07) is -0.319. The highest BCUT2D eigenvalue weighted by Crippen LogP contribution is 2.69. The van der Waals surface area contributed by atoms with E-state index in [1.165, 1.54) is 26.4 Å². The molecule has 20 heavy (non-hydrogen) atoms. The highest BCUT2D eigenvalue weighted by Gasteiger charge is 2.68. The number of hydrogen-bond acceptors (Lipinski definition) is 3. The lowest BCUT2D eigenvalue weighted by atomic mass is 9.98. The van der Waals surface area contributed by atoms with E-state index in [9.17, 15) is 9.59 Å². The van der Waals surface area contributed by atoms with E-state index in [0.717, 1.165) is 37.6 Å². The Morgan fingerprint density at radius 1 is 1.05 bits per heavy atom. The maximum absolute atomic E-state index is 12.8. The molecule has 0 aromatic heterocycles. The molecule has 1 saturated heterocycles. The van der Waals surface area contributed by atoms with Crippen LogP contribution in [0.4, 0.5) is 0 Å². The molecule has 4 rings (SSSR count). The van der Waals surface area contributed by atoms with Gasteiger partial charge in [-0.2, -0.15) is 0 Å². The third kappa shape index (κ3) is 1.66. The fraction of sp³-hybridized carbons (Fsp3) is 0.875. The number of rotatable bonds is 2. The largest absolute Gasteiger partial charge is 0.467 e. The molecule has 0 aromatic carbocycles. The van der Waals surface area contributed by atoms with Crippen LogP contribution in [0.3, 0.4) is 0 Å². The van der Waals surface area contributed by atoms with Crippen molar-refractivity contribution >= 4 is 11.9 Å². The van der Waals surface area contributed by atoms with Crippen molar-refractivity contribution in [3.05, 3.63) is 0 Å². The molecule has 4 aliphatic rings. The minimum absolute atomic E-state index is 0.230. The molecular formula is C16H23NO3. The van der Waals surface area contributed by atoms with Gasteiger partial charge in [-0.25, -0.2) is 4.79 Å². The van der Waals surface area contributed by atoms with E-state index in [-0.39, 0.29) is 23.8 Å². The Balaban J connectivity index is 1.49. The number of fused-ring (bicyclic) bond motifs is 5. The molecule has 0 spiro atoms. The zero-order valence-corrected chi connectivity index (χ0v) is 12.1. The molecule has 0 radical (unpaired) electrons. The summed E-state index contributed by atoms with van der Waals surface area (Å²) in [6.45, 7) is 0.740. The summed E-state index contributed by atoms with van der Waals surface area (Å²) in [5.74, 6) is 3.19. The first-order valence-corrected chi connectivity index (χ1v) is 8.10. The fourth-order valence-corrected chi connectivity index (χ4v) is 5.42. The van der Waals surface area contributed by atoms with E-state index in [4.69, 9.17) is 4.74 Å². The first-order valence-electron chi connectivity index (χ1n) is 8.10. The molecule has 1 amide bonds. The molecule has 1 heterocycles.